The highest BCUT2D eigenvalue weighted by Crippen LogP contribution is 2.05. The fourth-order valence-corrected chi connectivity index (χ4v) is 1.70. The van der Waals surface area contributed by atoms with Crippen LogP contribution in [0.3, 0.4) is 0 Å². The van der Waals surface area contributed by atoms with Crippen molar-refractivity contribution in [2.45, 2.75) is 33.2 Å². The average Bonchev–Trinajstić information content (AvgIpc) is 2.28. The minimum absolute atomic E-state index is 0.369. The lowest BCUT2D eigenvalue weighted by Crippen LogP contribution is -2.16. The quantitative estimate of drug-likeness (QED) is 0.711. The number of primary amides is 1. The zero-order valence-corrected chi connectivity index (χ0v) is 10.7. The van der Waals surface area contributed by atoms with Crippen molar-refractivity contribution in [2.24, 2.45) is 11.7 Å². The van der Waals surface area contributed by atoms with E-state index in [-0.39, 0.29) is 5.91 Å². The molecule has 0 spiro atoms. The van der Waals surface area contributed by atoms with E-state index in [4.69, 9.17) is 5.73 Å². The fraction of sp³-hybridized carbons (Fsp3) is 0.500. The average molecular weight is 234 g/mol. The van der Waals surface area contributed by atoms with Gasteiger partial charge in [-0.25, -0.2) is 0 Å². The Hall–Kier alpha value is -1.35. The fourth-order valence-electron chi connectivity index (χ4n) is 1.70. The molecule has 1 aromatic rings. The van der Waals surface area contributed by atoms with Crippen LogP contribution in [0.15, 0.2) is 24.3 Å². The predicted molar refractivity (Wildman–Crippen MR) is 70.7 cm³/mol. The van der Waals surface area contributed by atoms with Gasteiger partial charge in [0, 0.05) is 12.1 Å². The summed E-state index contributed by atoms with van der Waals surface area (Å²) in [6.07, 6.45) is 2.43. The summed E-state index contributed by atoms with van der Waals surface area (Å²) in [5.41, 5.74) is 6.91. The number of rotatable bonds is 7. The van der Waals surface area contributed by atoms with Gasteiger partial charge in [0.1, 0.15) is 0 Å². The van der Waals surface area contributed by atoms with E-state index in [1.165, 1.54) is 12.8 Å². The molecule has 0 aliphatic carbocycles. The molecule has 0 heterocycles. The molecule has 0 unspecified atom stereocenters. The van der Waals surface area contributed by atoms with Gasteiger partial charge in [0.25, 0.3) is 0 Å². The molecule has 1 amide bonds. The van der Waals surface area contributed by atoms with E-state index in [9.17, 15) is 4.79 Å². The highest BCUT2D eigenvalue weighted by atomic mass is 16.1. The molecule has 1 aromatic carbocycles. The van der Waals surface area contributed by atoms with Crippen molar-refractivity contribution in [3.8, 4) is 0 Å². The number of hydrogen-bond acceptors (Lipinski definition) is 2. The van der Waals surface area contributed by atoms with Crippen molar-refractivity contribution in [3.63, 3.8) is 0 Å². The summed E-state index contributed by atoms with van der Waals surface area (Å²) in [7, 11) is 0. The van der Waals surface area contributed by atoms with Gasteiger partial charge in [-0.15, -0.1) is 0 Å². The zero-order chi connectivity index (χ0) is 12.7. The first-order valence-electron chi connectivity index (χ1n) is 6.19. The normalized spacial score (nSPS) is 10.8. The molecule has 3 nitrogen and oxygen atoms in total. The SMILES string of the molecule is CC(C)CCCNCc1cccc(C(N)=O)c1. The van der Waals surface area contributed by atoms with Crippen LogP contribution in [0.1, 0.15) is 42.6 Å². The number of carbonyl (C=O) groups excluding carboxylic acids is 1. The van der Waals surface area contributed by atoms with Crippen LogP contribution in [0.25, 0.3) is 0 Å². The molecule has 3 N–H and O–H groups in total. The van der Waals surface area contributed by atoms with Gasteiger partial charge in [-0.1, -0.05) is 26.0 Å². The van der Waals surface area contributed by atoms with Crippen LogP contribution in [0.4, 0.5) is 0 Å². The van der Waals surface area contributed by atoms with Gasteiger partial charge in [-0.05, 0) is 43.0 Å². The van der Waals surface area contributed by atoms with E-state index in [1.807, 2.05) is 18.2 Å². The van der Waals surface area contributed by atoms with Gasteiger partial charge in [0.05, 0.1) is 0 Å². The second-order valence-electron chi connectivity index (χ2n) is 4.78. The van der Waals surface area contributed by atoms with Gasteiger partial charge in [0.2, 0.25) is 5.91 Å². The maximum absolute atomic E-state index is 11.0. The first kappa shape index (κ1) is 13.7. The molecule has 94 valence electrons. The molecule has 0 saturated carbocycles. The maximum atomic E-state index is 11.0. The monoisotopic (exact) mass is 234 g/mol. The summed E-state index contributed by atoms with van der Waals surface area (Å²) in [4.78, 5) is 11.0. The molecular weight excluding hydrogens is 212 g/mol. The first-order valence-corrected chi connectivity index (χ1v) is 6.19. The lowest BCUT2D eigenvalue weighted by atomic mass is 10.1. The smallest absolute Gasteiger partial charge is 0.248 e. The van der Waals surface area contributed by atoms with E-state index in [0.717, 1.165) is 24.6 Å². The van der Waals surface area contributed by atoms with E-state index in [0.29, 0.717) is 5.56 Å². The highest BCUT2D eigenvalue weighted by molar-refractivity contribution is 5.92. The van der Waals surface area contributed by atoms with Crippen molar-refractivity contribution >= 4 is 5.91 Å². The molecule has 17 heavy (non-hydrogen) atoms. The largest absolute Gasteiger partial charge is 0.366 e. The Bertz CT molecular complexity index is 361. The van der Waals surface area contributed by atoms with Crippen molar-refractivity contribution in [1.29, 1.82) is 0 Å². The lowest BCUT2D eigenvalue weighted by molar-refractivity contribution is 0.1000. The second kappa shape index (κ2) is 7.07. The summed E-state index contributed by atoms with van der Waals surface area (Å²) in [6.45, 7) is 6.27. The Morgan fingerprint density at radius 1 is 1.41 bits per heavy atom. The number of nitrogens with two attached hydrogens (primary N) is 1. The minimum Gasteiger partial charge on any atom is -0.366 e. The van der Waals surface area contributed by atoms with E-state index in [2.05, 4.69) is 19.2 Å². The van der Waals surface area contributed by atoms with Gasteiger partial charge < -0.3 is 11.1 Å². The van der Waals surface area contributed by atoms with Gasteiger partial charge in [-0.3, -0.25) is 4.79 Å². The summed E-state index contributed by atoms with van der Waals surface area (Å²) < 4.78 is 0. The summed E-state index contributed by atoms with van der Waals surface area (Å²) >= 11 is 0. The number of benzene rings is 1. The van der Waals surface area contributed by atoms with Crippen LogP contribution in [0.5, 0.6) is 0 Å². The summed E-state index contributed by atoms with van der Waals surface area (Å²) in [5, 5.41) is 3.37. The van der Waals surface area contributed by atoms with Crippen LogP contribution in [-0.4, -0.2) is 12.5 Å². The zero-order valence-electron chi connectivity index (χ0n) is 10.7. The molecule has 0 bridgehead atoms. The maximum Gasteiger partial charge on any atom is 0.248 e. The highest BCUT2D eigenvalue weighted by Gasteiger charge is 2.00. The van der Waals surface area contributed by atoms with Gasteiger partial charge in [-0.2, -0.15) is 0 Å². The Morgan fingerprint density at radius 2 is 2.18 bits per heavy atom. The second-order valence-corrected chi connectivity index (χ2v) is 4.78. The summed E-state index contributed by atoms with van der Waals surface area (Å²) in [5.74, 6) is 0.390. The Kier molecular flexibility index (Phi) is 5.70. The lowest BCUT2D eigenvalue weighted by Gasteiger charge is -2.07. The Balaban J connectivity index is 2.31. The number of amides is 1. The van der Waals surface area contributed by atoms with Crippen LogP contribution in [-0.2, 0) is 6.54 Å². The van der Waals surface area contributed by atoms with Crippen molar-refractivity contribution in [2.75, 3.05) is 6.54 Å². The third-order valence-corrected chi connectivity index (χ3v) is 2.68. The predicted octanol–water partition coefficient (Wildman–Crippen LogP) is 2.31. The topological polar surface area (TPSA) is 55.1 Å². The first-order chi connectivity index (χ1) is 8.09. The Labute approximate surface area is 103 Å². The minimum atomic E-state index is -0.369. The van der Waals surface area contributed by atoms with Gasteiger partial charge >= 0.3 is 0 Å². The Morgan fingerprint density at radius 3 is 2.82 bits per heavy atom. The molecule has 0 saturated heterocycles. The van der Waals surface area contributed by atoms with Crippen molar-refractivity contribution < 1.29 is 4.79 Å². The van der Waals surface area contributed by atoms with Crippen molar-refractivity contribution in [1.82, 2.24) is 5.32 Å². The number of hydrogen-bond donors (Lipinski definition) is 2. The molecule has 3 heteroatoms. The molecule has 0 fully saturated rings. The van der Waals surface area contributed by atoms with Crippen molar-refractivity contribution in [3.05, 3.63) is 35.4 Å². The van der Waals surface area contributed by atoms with E-state index >= 15 is 0 Å². The van der Waals surface area contributed by atoms with E-state index in [1.54, 1.807) is 6.07 Å². The van der Waals surface area contributed by atoms with Crippen LogP contribution in [0, 0.1) is 5.92 Å². The number of carbonyl (C=O) groups is 1. The molecule has 0 radical (unpaired) electrons. The molecule has 0 atom stereocenters. The standard InChI is InChI=1S/C14H22N2O/c1-11(2)5-4-8-16-10-12-6-3-7-13(9-12)14(15)17/h3,6-7,9,11,16H,4-5,8,10H2,1-2H3,(H2,15,17). The van der Waals surface area contributed by atoms with Gasteiger partial charge in [0.15, 0.2) is 0 Å². The molecule has 1 rings (SSSR count). The molecule has 0 aromatic heterocycles. The van der Waals surface area contributed by atoms with Crippen LogP contribution < -0.4 is 11.1 Å². The molecule has 0 aliphatic heterocycles. The van der Waals surface area contributed by atoms with E-state index < -0.39 is 0 Å². The molecule has 0 aliphatic rings. The third-order valence-electron chi connectivity index (χ3n) is 2.68. The van der Waals surface area contributed by atoms with Crippen LogP contribution in [0.2, 0.25) is 0 Å². The van der Waals surface area contributed by atoms with Crippen LogP contribution >= 0.6 is 0 Å². The third kappa shape index (κ3) is 5.50. The number of nitrogens with one attached hydrogen (secondary N) is 1. The summed E-state index contributed by atoms with van der Waals surface area (Å²) in [6, 6.07) is 7.45. The molecular formula is C14H22N2O.